The smallest absolute Gasteiger partial charge is 0.333 e. The second-order valence-corrected chi connectivity index (χ2v) is 8.79. The minimum absolute atomic E-state index is 0.141. The highest BCUT2D eigenvalue weighted by atomic mass is 32.2. The fourth-order valence-corrected chi connectivity index (χ4v) is 5.92. The predicted octanol–water partition coefficient (Wildman–Crippen LogP) is 2.90. The number of carbonyl (C=O) groups is 2. The summed E-state index contributed by atoms with van der Waals surface area (Å²) in [6.45, 7) is 6.23. The molecule has 1 fully saturated rings. The molecule has 2 atom stereocenters. The Morgan fingerprint density at radius 3 is 2.76 bits per heavy atom. The molecule has 0 aliphatic carbocycles. The van der Waals surface area contributed by atoms with Gasteiger partial charge in [0.15, 0.2) is 11.2 Å². The average molecular weight is 439 g/mol. The third kappa shape index (κ3) is 4.23. The maximum Gasteiger partial charge on any atom is 0.333 e. The molecule has 0 aromatic carbocycles. The van der Waals surface area contributed by atoms with Crippen molar-refractivity contribution in [1.29, 1.82) is 0 Å². The van der Waals surface area contributed by atoms with E-state index in [2.05, 4.69) is 21.9 Å². The fourth-order valence-electron chi connectivity index (χ4n) is 3.52. The van der Waals surface area contributed by atoms with Gasteiger partial charge in [0.1, 0.15) is 16.9 Å². The van der Waals surface area contributed by atoms with Crippen LogP contribution in [0.15, 0.2) is 17.7 Å². The van der Waals surface area contributed by atoms with Gasteiger partial charge in [-0.25, -0.2) is 19.7 Å². The van der Waals surface area contributed by atoms with Crippen LogP contribution in [0.4, 0.5) is 0 Å². The van der Waals surface area contributed by atoms with E-state index in [1.54, 1.807) is 48.3 Å². The van der Waals surface area contributed by atoms with E-state index in [9.17, 15) is 9.59 Å². The van der Waals surface area contributed by atoms with Crippen LogP contribution in [-0.2, 0) is 24.6 Å². The summed E-state index contributed by atoms with van der Waals surface area (Å²) >= 11 is 3.24. The highest BCUT2D eigenvalue weighted by Crippen LogP contribution is 2.44. The van der Waals surface area contributed by atoms with Crippen molar-refractivity contribution >= 4 is 46.6 Å². The van der Waals surface area contributed by atoms with E-state index in [0.29, 0.717) is 29.3 Å². The molecular formula is C19H26N4O4S2. The van der Waals surface area contributed by atoms with Crippen LogP contribution >= 0.6 is 23.5 Å². The first-order valence-electron chi connectivity index (χ1n) is 9.80. The zero-order valence-corrected chi connectivity index (χ0v) is 18.6. The molecule has 10 heteroatoms. The third-order valence-corrected chi connectivity index (χ3v) is 7.30. The standard InChI is InChI=1S/C19H26N4O4S2/c1-4-7-29-17-15-16(20-11-21-17)23(12-22-15)19(18(25)27-6-3)10-28-9-13(19)8-14(24)26-5-2/h11-13H,4-10H2,1-3H3. The molecule has 0 radical (unpaired) electrons. The molecule has 1 aliphatic rings. The average Bonchev–Trinajstić information content (AvgIpc) is 3.31. The van der Waals surface area contributed by atoms with Gasteiger partial charge in [-0.3, -0.25) is 9.36 Å². The number of esters is 2. The molecule has 0 spiro atoms. The Balaban J connectivity index is 2.08. The lowest BCUT2D eigenvalue weighted by molar-refractivity contribution is -0.156. The summed E-state index contributed by atoms with van der Waals surface area (Å²) in [5.41, 5.74) is 0.202. The van der Waals surface area contributed by atoms with Crippen LogP contribution in [-0.4, -0.2) is 61.9 Å². The summed E-state index contributed by atoms with van der Waals surface area (Å²) in [4.78, 5) is 38.8. The van der Waals surface area contributed by atoms with Gasteiger partial charge in [0.25, 0.3) is 0 Å². The molecule has 2 unspecified atom stereocenters. The van der Waals surface area contributed by atoms with Gasteiger partial charge in [-0.15, -0.1) is 11.8 Å². The van der Waals surface area contributed by atoms with Crippen LogP contribution in [0.3, 0.4) is 0 Å². The summed E-state index contributed by atoms with van der Waals surface area (Å²) in [6.07, 6.45) is 4.29. The van der Waals surface area contributed by atoms with Crippen molar-refractivity contribution in [2.24, 2.45) is 5.92 Å². The minimum atomic E-state index is -1.05. The largest absolute Gasteiger partial charge is 0.466 e. The van der Waals surface area contributed by atoms with E-state index < -0.39 is 5.54 Å². The molecule has 0 N–H and O–H groups in total. The first-order valence-corrected chi connectivity index (χ1v) is 11.9. The lowest BCUT2D eigenvalue weighted by atomic mass is 9.84. The van der Waals surface area contributed by atoms with Crippen molar-refractivity contribution in [3.8, 4) is 0 Å². The van der Waals surface area contributed by atoms with E-state index in [1.165, 1.54) is 6.33 Å². The van der Waals surface area contributed by atoms with Gasteiger partial charge in [0.05, 0.1) is 26.0 Å². The summed E-state index contributed by atoms with van der Waals surface area (Å²) in [5.74, 6) is 1.11. The number of aromatic nitrogens is 4. The monoisotopic (exact) mass is 438 g/mol. The van der Waals surface area contributed by atoms with Gasteiger partial charge in [-0.1, -0.05) is 6.92 Å². The van der Waals surface area contributed by atoms with E-state index >= 15 is 0 Å². The predicted molar refractivity (Wildman–Crippen MR) is 113 cm³/mol. The molecule has 0 amide bonds. The van der Waals surface area contributed by atoms with Gasteiger partial charge in [0.2, 0.25) is 0 Å². The lowest BCUT2D eigenvalue weighted by Crippen LogP contribution is -2.49. The molecule has 2 aromatic rings. The quantitative estimate of drug-likeness (QED) is 0.332. The van der Waals surface area contributed by atoms with Crippen molar-refractivity contribution in [3.63, 3.8) is 0 Å². The van der Waals surface area contributed by atoms with E-state index in [4.69, 9.17) is 9.47 Å². The SMILES string of the molecule is CCCSc1ncnc2c1ncn2C1(C(=O)OCC)CSCC1CC(=O)OCC. The number of thioether (sulfide) groups is 2. The van der Waals surface area contributed by atoms with Gasteiger partial charge < -0.3 is 9.47 Å². The summed E-state index contributed by atoms with van der Waals surface area (Å²) in [7, 11) is 0. The van der Waals surface area contributed by atoms with Crippen molar-refractivity contribution in [1.82, 2.24) is 19.5 Å². The van der Waals surface area contributed by atoms with E-state index in [0.717, 1.165) is 17.2 Å². The molecule has 1 aliphatic heterocycles. The number of hydrogen-bond donors (Lipinski definition) is 0. The number of rotatable bonds is 9. The second-order valence-electron chi connectivity index (χ2n) is 6.68. The molecule has 0 bridgehead atoms. The molecule has 1 saturated heterocycles. The Hall–Kier alpha value is -1.81. The van der Waals surface area contributed by atoms with Crippen LogP contribution in [0.2, 0.25) is 0 Å². The topological polar surface area (TPSA) is 96.2 Å². The molecule has 0 saturated carbocycles. The molecule has 3 rings (SSSR count). The Bertz CT molecular complexity index is 875. The minimum Gasteiger partial charge on any atom is -0.466 e. The normalized spacial score (nSPS) is 21.4. The Labute approximate surface area is 178 Å². The van der Waals surface area contributed by atoms with Crippen molar-refractivity contribution in [3.05, 3.63) is 12.7 Å². The van der Waals surface area contributed by atoms with Crippen LogP contribution in [0.1, 0.15) is 33.6 Å². The molecular weight excluding hydrogens is 412 g/mol. The summed E-state index contributed by atoms with van der Waals surface area (Å²) in [6, 6.07) is 0. The van der Waals surface area contributed by atoms with E-state index in [-0.39, 0.29) is 30.9 Å². The molecule has 8 nitrogen and oxygen atoms in total. The van der Waals surface area contributed by atoms with Gasteiger partial charge >= 0.3 is 11.9 Å². The number of ether oxygens (including phenoxy) is 2. The van der Waals surface area contributed by atoms with Gasteiger partial charge in [-0.2, -0.15) is 11.8 Å². The number of hydrogen-bond acceptors (Lipinski definition) is 9. The first-order chi connectivity index (χ1) is 14.1. The van der Waals surface area contributed by atoms with Crippen LogP contribution in [0, 0.1) is 5.92 Å². The van der Waals surface area contributed by atoms with Crippen LogP contribution in [0.25, 0.3) is 11.2 Å². The highest BCUT2D eigenvalue weighted by molar-refractivity contribution is 7.99. The number of fused-ring (bicyclic) bond motifs is 1. The second kappa shape index (κ2) is 9.80. The zero-order valence-electron chi connectivity index (χ0n) is 16.9. The molecule has 158 valence electrons. The molecule has 29 heavy (non-hydrogen) atoms. The van der Waals surface area contributed by atoms with Crippen molar-refractivity contribution < 1.29 is 19.1 Å². The number of imidazole rings is 1. The lowest BCUT2D eigenvalue weighted by Gasteiger charge is -2.33. The Morgan fingerprint density at radius 1 is 1.24 bits per heavy atom. The van der Waals surface area contributed by atoms with Crippen LogP contribution < -0.4 is 0 Å². The molecule has 2 aromatic heterocycles. The fraction of sp³-hybridized carbons (Fsp3) is 0.632. The number of nitrogens with zero attached hydrogens (tertiary/aromatic N) is 4. The number of carbonyl (C=O) groups excluding carboxylic acids is 2. The van der Waals surface area contributed by atoms with Gasteiger partial charge in [0, 0.05) is 11.7 Å². The van der Waals surface area contributed by atoms with Gasteiger partial charge in [-0.05, 0) is 31.8 Å². The summed E-state index contributed by atoms with van der Waals surface area (Å²) < 4.78 is 12.4. The summed E-state index contributed by atoms with van der Waals surface area (Å²) in [5, 5.41) is 0.794. The first kappa shape index (κ1) is 21.9. The van der Waals surface area contributed by atoms with Crippen molar-refractivity contribution in [2.45, 2.75) is 44.2 Å². The third-order valence-electron chi connectivity index (χ3n) is 4.84. The van der Waals surface area contributed by atoms with Crippen LogP contribution in [0.5, 0.6) is 0 Å². The Kier molecular flexibility index (Phi) is 7.39. The highest BCUT2D eigenvalue weighted by Gasteiger charge is 2.54. The van der Waals surface area contributed by atoms with E-state index in [1.807, 2.05) is 0 Å². The maximum atomic E-state index is 13.2. The molecule has 3 heterocycles. The maximum absolute atomic E-state index is 13.2. The zero-order chi connectivity index (χ0) is 20.9. The Morgan fingerprint density at radius 2 is 2.03 bits per heavy atom. The van der Waals surface area contributed by atoms with Crippen molar-refractivity contribution in [2.75, 3.05) is 30.5 Å².